The van der Waals surface area contributed by atoms with Crippen molar-refractivity contribution in [3.8, 4) is 17.3 Å². The van der Waals surface area contributed by atoms with E-state index in [-0.39, 0.29) is 5.78 Å². The molecule has 5 rings (SSSR count). The van der Waals surface area contributed by atoms with Crippen LogP contribution in [0.1, 0.15) is 27.0 Å². The Kier molecular flexibility index (Phi) is 6.79. The second-order valence-corrected chi connectivity index (χ2v) is 8.93. The number of Topliss-reactive ketones (excluding diaryl/α,β-unsaturated/α-hetero) is 1. The van der Waals surface area contributed by atoms with Crippen molar-refractivity contribution in [1.29, 1.82) is 0 Å². The molecule has 3 heterocycles. The van der Waals surface area contributed by atoms with Crippen LogP contribution in [0.25, 0.3) is 22.6 Å². The maximum absolute atomic E-state index is 12.5. The number of nitrogens with zero attached hydrogens (tertiary/aromatic N) is 4. The summed E-state index contributed by atoms with van der Waals surface area (Å²) in [5.41, 5.74) is 1.43. The number of carbonyl (C=O) groups is 1. The number of halogens is 1. The SMILES string of the molecule is CC(C)(C)C(=O)C(Oc1ccc(Cl)cc1)n1cncn1.c1coc(-c2nc3ccccc3[nH]2)c1. The molecule has 8 nitrogen and oxygen atoms in total. The summed E-state index contributed by atoms with van der Waals surface area (Å²) in [5.74, 6) is 2.00. The van der Waals surface area contributed by atoms with Gasteiger partial charge in [0.2, 0.25) is 5.78 Å². The lowest BCUT2D eigenvalue weighted by molar-refractivity contribution is -0.138. The van der Waals surface area contributed by atoms with Gasteiger partial charge in [0.1, 0.15) is 18.4 Å². The maximum atomic E-state index is 12.5. The fourth-order valence-corrected chi connectivity index (χ4v) is 3.19. The van der Waals surface area contributed by atoms with Crippen molar-refractivity contribution >= 4 is 28.4 Å². The van der Waals surface area contributed by atoms with Crippen LogP contribution >= 0.6 is 11.6 Å². The summed E-state index contributed by atoms with van der Waals surface area (Å²) >= 11 is 5.83. The highest BCUT2D eigenvalue weighted by Crippen LogP contribution is 2.27. The molecule has 1 N–H and O–H groups in total. The Morgan fingerprint density at radius 2 is 1.85 bits per heavy atom. The zero-order valence-electron chi connectivity index (χ0n) is 19.0. The lowest BCUT2D eigenvalue weighted by Crippen LogP contribution is -2.34. The van der Waals surface area contributed by atoms with Gasteiger partial charge < -0.3 is 14.1 Å². The van der Waals surface area contributed by atoms with Crippen molar-refractivity contribution < 1.29 is 13.9 Å². The van der Waals surface area contributed by atoms with Gasteiger partial charge in [0.25, 0.3) is 6.23 Å². The first kappa shape index (κ1) is 23.3. The molecule has 9 heteroatoms. The lowest BCUT2D eigenvalue weighted by atomic mass is 9.90. The van der Waals surface area contributed by atoms with E-state index in [4.69, 9.17) is 20.8 Å². The molecule has 0 spiro atoms. The Morgan fingerprint density at radius 1 is 1.09 bits per heavy atom. The normalized spacial score (nSPS) is 12.1. The number of nitrogens with one attached hydrogen (secondary N) is 1. The summed E-state index contributed by atoms with van der Waals surface area (Å²) in [4.78, 5) is 24.0. The molecule has 5 aromatic rings. The number of aromatic nitrogens is 5. The standard InChI is InChI=1S/C14H16ClN3O2.C11H8N2O/c1-14(2,3)12(19)13(18-9-16-8-17-18)20-11-6-4-10(15)5-7-11;1-2-5-9-8(4-1)12-11(13-9)10-6-3-7-14-10/h4-9,13H,1-3H3;1-7H,(H,12,13). The highest BCUT2D eigenvalue weighted by atomic mass is 35.5. The lowest BCUT2D eigenvalue weighted by Gasteiger charge is -2.25. The Morgan fingerprint density at radius 3 is 2.47 bits per heavy atom. The first-order valence-electron chi connectivity index (χ1n) is 10.6. The van der Waals surface area contributed by atoms with Crippen molar-refractivity contribution in [2.45, 2.75) is 27.0 Å². The number of hydrogen-bond donors (Lipinski definition) is 1. The summed E-state index contributed by atoms with van der Waals surface area (Å²) in [6.45, 7) is 5.51. The number of H-pyrrole nitrogens is 1. The molecule has 1 atom stereocenters. The predicted octanol–water partition coefficient (Wildman–Crippen LogP) is 5.95. The van der Waals surface area contributed by atoms with Gasteiger partial charge in [0, 0.05) is 10.4 Å². The number of ketones is 1. The number of carbonyl (C=O) groups excluding carboxylic acids is 1. The van der Waals surface area contributed by atoms with Gasteiger partial charge in [-0.1, -0.05) is 44.5 Å². The largest absolute Gasteiger partial charge is 0.461 e. The van der Waals surface area contributed by atoms with Gasteiger partial charge in [-0.2, -0.15) is 5.10 Å². The van der Waals surface area contributed by atoms with Gasteiger partial charge in [0.05, 0.1) is 17.3 Å². The molecule has 1 unspecified atom stereocenters. The number of rotatable bonds is 5. The van der Waals surface area contributed by atoms with Crippen molar-refractivity contribution in [2.75, 3.05) is 0 Å². The van der Waals surface area contributed by atoms with Crippen LogP contribution in [-0.4, -0.2) is 30.5 Å². The first-order chi connectivity index (χ1) is 16.3. The average molecular weight is 478 g/mol. The van der Waals surface area contributed by atoms with Crippen LogP contribution in [0.4, 0.5) is 0 Å². The molecule has 34 heavy (non-hydrogen) atoms. The third kappa shape index (κ3) is 5.52. The van der Waals surface area contributed by atoms with Crippen LogP contribution in [0, 0.1) is 5.41 Å². The quantitative estimate of drug-likeness (QED) is 0.336. The topological polar surface area (TPSA) is 98.8 Å². The van der Waals surface area contributed by atoms with E-state index < -0.39 is 11.6 Å². The van der Waals surface area contributed by atoms with Crippen LogP contribution in [0.3, 0.4) is 0 Å². The smallest absolute Gasteiger partial charge is 0.252 e. The third-order valence-corrected chi connectivity index (χ3v) is 5.10. The van der Waals surface area contributed by atoms with Crippen molar-refractivity contribution in [3.63, 3.8) is 0 Å². The predicted molar refractivity (Wildman–Crippen MR) is 129 cm³/mol. The number of aromatic amines is 1. The van der Waals surface area contributed by atoms with E-state index in [1.165, 1.54) is 17.3 Å². The minimum Gasteiger partial charge on any atom is -0.461 e. The molecule has 0 aliphatic rings. The Balaban J connectivity index is 0.000000170. The van der Waals surface area contributed by atoms with Gasteiger partial charge in [-0.25, -0.2) is 14.6 Å². The van der Waals surface area contributed by atoms with Crippen LogP contribution in [0.2, 0.25) is 5.02 Å². The Bertz CT molecular complexity index is 1300. The number of benzene rings is 2. The molecule has 3 aromatic heterocycles. The van der Waals surface area contributed by atoms with E-state index in [2.05, 4.69) is 20.1 Å². The number of furan rings is 1. The van der Waals surface area contributed by atoms with Crippen LogP contribution in [0.15, 0.2) is 84.0 Å². The van der Waals surface area contributed by atoms with E-state index in [0.717, 1.165) is 22.6 Å². The number of fused-ring (bicyclic) bond motifs is 1. The fourth-order valence-electron chi connectivity index (χ4n) is 3.06. The minimum absolute atomic E-state index is 0.0852. The van der Waals surface area contributed by atoms with Gasteiger partial charge in [0.15, 0.2) is 11.6 Å². The highest BCUT2D eigenvalue weighted by molar-refractivity contribution is 6.30. The average Bonchev–Trinajstić information content (AvgIpc) is 3.59. The zero-order chi connectivity index (χ0) is 24.1. The van der Waals surface area contributed by atoms with Crippen molar-refractivity contribution in [2.24, 2.45) is 5.41 Å². The van der Waals surface area contributed by atoms with E-state index in [9.17, 15) is 4.79 Å². The number of ether oxygens (including phenoxy) is 1. The van der Waals surface area contributed by atoms with E-state index >= 15 is 0 Å². The third-order valence-electron chi connectivity index (χ3n) is 4.85. The van der Waals surface area contributed by atoms with Gasteiger partial charge in [-0.05, 0) is 48.5 Å². The summed E-state index contributed by atoms with van der Waals surface area (Å²) in [6, 6.07) is 18.5. The molecule has 0 saturated carbocycles. The number of para-hydroxylation sites is 2. The van der Waals surface area contributed by atoms with E-state index in [0.29, 0.717) is 10.8 Å². The highest BCUT2D eigenvalue weighted by Gasteiger charge is 2.33. The van der Waals surface area contributed by atoms with Crippen LogP contribution in [-0.2, 0) is 4.79 Å². The summed E-state index contributed by atoms with van der Waals surface area (Å²) in [5, 5.41) is 4.61. The van der Waals surface area contributed by atoms with E-state index in [1.807, 2.05) is 57.2 Å². The van der Waals surface area contributed by atoms with Gasteiger partial charge >= 0.3 is 0 Å². The monoisotopic (exact) mass is 477 g/mol. The summed E-state index contributed by atoms with van der Waals surface area (Å²) in [6.07, 6.45) is 3.62. The van der Waals surface area contributed by atoms with Crippen LogP contribution in [0.5, 0.6) is 5.75 Å². The summed E-state index contributed by atoms with van der Waals surface area (Å²) in [7, 11) is 0. The molecule has 0 radical (unpaired) electrons. The molecule has 0 saturated heterocycles. The molecule has 2 aromatic carbocycles. The van der Waals surface area contributed by atoms with Crippen molar-refractivity contribution in [3.05, 3.63) is 84.6 Å². The molecule has 0 fully saturated rings. The molecule has 0 bridgehead atoms. The Hall–Kier alpha value is -3.91. The van der Waals surface area contributed by atoms with Crippen LogP contribution < -0.4 is 4.74 Å². The van der Waals surface area contributed by atoms with Gasteiger partial charge in [-0.15, -0.1) is 0 Å². The number of imidazole rings is 1. The van der Waals surface area contributed by atoms with Crippen molar-refractivity contribution in [1.82, 2.24) is 24.7 Å². The number of hydrogen-bond acceptors (Lipinski definition) is 6. The molecule has 0 aliphatic heterocycles. The molecular weight excluding hydrogens is 454 g/mol. The first-order valence-corrected chi connectivity index (χ1v) is 11.0. The molecular formula is C25H24ClN5O3. The summed E-state index contributed by atoms with van der Waals surface area (Å²) < 4.78 is 12.4. The second kappa shape index (κ2) is 9.93. The molecule has 0 amide bonds. The van der Waals surface area contributed by atoms with E-state index in [1.54, 1.807) is 30.5 Å². The molecule has 0 aliphatic carbocycles. The second-order valence-electron chi connectivity index (χ2n) is 8.49. The van der Waals surface area contributed by atoms with Gasteiger partial charge in [-0.3, -0.25) is 4.79 Å². The minimum atomic E-state index is -0.848. The Labute approximate surface area is 201 Å². The zero-order valence-corrected chi connectivity index (χ0v) is 19.7. The molecule has 174 valence electrons. The maximum Gasteiger partial charge on any atom is 0.252 e. The fraction of sp³-hybridized carbons (Fsp3) is 0.200.